The Balaban J connectivity index is 2.01. The molecule has 3 heteroatoms. The van der Waals surface area contributed by atoms with Crippen LogP contribution in [0.15, 0.2) is 23.4 Å². The van der Waals surface area contributed by atoms with Crippen molar-refractivity contribution in [3.8, 4) is 0 Å². The number of nitrogens with two attached hydrogens (primary N) is 1. The largest absolute Gasteiger partial charge is 0.328 e. The van der Waals surface area contributed by atoms with Gasteiger partial charge in [0.2, 0.25) is 0 Å². The average Bonchev–Trinajstić information content (AvgIpc) is 2.56. The summed E-state index contributed by atoms with van der Waals surface area (Å²) in [7, 11) is 0. The molecule has 0 radical (unpaired) electrons. The van der Waals surface area contributed by atoms with Crippen LogP contribution in [0.2, 0.25) is 0 Å². The molecule has 1 fully saturated rings. The summed E-state index contributed by atoms with van der Waals surface area (Å²) in [5, 5.41) is 1.85. The van der Waals surface area contributed by atoms with Gasteiger partial charge in [0.05, 0.1) is 5.03 Å². The number of nitrogens with zero attached hydrogens (tertiary/aromatic N) is 1. The fourth-order valence-electron chi connectivity index (χ4n) is 1.83. The van der Waals surface area contributed by atoms with Gasteiger partial charge in [0.15, 0.2) is 0 Å². The van der Waals surface area contributed by atoms with Crippen molar-refractivity contribution in [3.05, 3.63) is 23.9 Å². The predicted octanol–water partition coefficient (Wildman–Crippen LogP) is 2.36. The first-order valence-corrected chi connectivity index (χ1v) is 5.97. The van der Waals surface area contributed by atoms with Crippen LogP contribution in [0.5, 0.6) is 0 Å². The molecule has 0 spiro atoms. The van der Waals surface area contributed by atoms with E-state index in [0.29, 0.717) is 11.3 Å². The average molecular weight is 208 g/mol. The third-order valence-electron chi connectivity index (χ3n) is 2.66. The second-order valence-electron chi connectivity index (χ2n) is 3.94. The van der Waals surface area contributed by atoms with Gasteiger partial charge in [-0.05, 0) is 37.8 Å². The highest BCUT2D eigenvalue weighted by atomic mass is 32.2. The van der Waals surface area contributed by atoms with Gasteiger partial charge in [-0.25, -0.2) is 4.98 Å². The zero-order valence-corrected chi connectivity index (χ0v) is 9.26. The first-order valence-electron chi connectivity index (χ1n) is 5.09. The highest BCUT2D eigenvalue weighted by Gasteiger charge is 2.23. The van der Waals surface area contributed by atoms with Crippen molar-refractivity contribution in [2.45, 2.75) is 42.5 Å². The first kappa shape index (κ1) is 9.99. The highest BCUT2D eigenvalue weighted by molar-refractivity contribution is 7.99. The van der Waals surface area contributed by atoms with Crippen LogP contribution in [0.4, 0.5) is 0 Å². The Morgan fingerprint density at radius 1 is 1.50 bits per heavy atom. The molecule has 2 N–H and O–H groups in total. The topological polar surface area (TPSA) is 38.9 Å². The van der Waals surface area contributed by atoms with E-state index in [1.165, 1.54) is 23.4 Å². The summed E-state index contributed by atoms with van der Waals surface area (Å²) in [5.41, 5.74) is 7.16. The molecule has 2 atom stereocenters. The lowest BCUT2D eigenvalue weighted by Crippen LogP contribution is -2.15. The summed E-state index contributed by atoms with van der Waals surface area (Å²) in [6.45, 7) is 2.12. The number of aromatic nitrogens is 1. The molecule has 0 amide bonds. The molecular weight excluding hydrogens is 192 g/mol. The van der Waals surface area contributed by atoms with Crippen molar-refractivity contribution in [2.24, 2.45) is 5.73 Å². The second kappa shape index (κ2) is 4.32. The molecule has 2 unspecified atom stereocenters. The van der Waals surface area contributed by atoms with Gasteiger partial charge in [-0.1, -0.05) is 6.07 Å². The SMILES string of the molecule is Cc1cccnc1SC1CCC(N)C1. The Labute approximate surface area is 89.3 Å². The summed E-state index contributed by atoms with van der Waals surface area (Å²) < 4.78 is 0. The molecule has 1 aromatic rings. The number of pyridine rings is 1. The minimum Gasteiger partial charge on any atom is -0.328 e. The van der Waals surface area contributed by atoms with E-state index in [9.17, 15) is 0 Å². The van der Waals surface area contributed by atoms with E-state index in [1.807, 2.05) is 24.0 Å². The third-order valence-corrected chi connectivity index (χ3v) is 4.08. The second-order valence-corrected chi connectivity index (χ2v) is 5.23. The molecule has 1 saturated carbocycles. The van der Waals surface area contributed by atoms with Crippen LogP contribution in [0.25, 0.3) is 0 Å². The molecule has 1 aliphatic rings. The molecule has 1 heterocycles. The number of hydrogen-bond donors (Lipinski definition) is 1. The van der Waals surface area contributed by atoms with Gasteiger partial charge in [0.25, 0.3) is 0 Å². The Hall–Kier alpha value is -0.540. The lowest BCUT2D eigenvalue weighted by Gasteiger charge is -2.09. The molecule has 76 valence electrons. The standard InChI is InChI=1S/C11H16N2S/c1-8-3-2-6-13-11(8)14-10-5-4-9(12)7-10/h2-3,6,9-10H,4-5,7,12H2,1H3. The molecule has 0 bridgehead atoms. The van der Waals surface area contributed by atoms with Gasteiger partial charge in [0, 0.05) is 17.5 Å². The van der Waals surface area contributed by atoms with Crippen LogP contribution in [-0.2, 0) is 0 Å². The monoisotopic (exact) mass is 208 g/mol. The molecular formula is C11H16N2S. The normalized spacial score (nSPS) is 26.7. The Kier molecular flexibility index (Phi) is 3.08. The van der Waals surface area contributed by atoms with Crippen LogP contribution in [0.3, 0.4) is 0 Å². The maximum Gasteiger partial charge on any atom is 0.0991 e. The van der Waals surface area contributed by atoms with Gasteiger partial charge >= 0.3 is 0 Å². The maximum atomic E-state index is 5.88. The van der Waals surface area contributed by atoms with Gasteiger partial charge in [0.1, 0.15) is 0 Å². The van der Waals surface area contributed by atoms with E-state index in [4.69, 9.17) is 5.73 Å². The van der Waals surface area contributed by atoms with Crippen molar-refractivity contribution in [1.82, 2.24) is 4.98 Å². The number of aryl methyl sites for hydroxylation is 1. The molecule has 1 aromatic heterocycles. The van der Waals surface area contributed by atoms with Crippen molar-refractivity contribution >= 4 is 11.8 Å². The Morgan fingerprint density at radius 3 is 3.00 bits per heavy atom. The lowest BCUT2D eigenvalue weighted by molar-refractivity contribution is 0.705. The molecule has 14 heavy (non-hydrogen) atoms. The number of rotatable bonds is 2. The van der Waals surface area contributed by atoms with E-state index in [2.05, 4.69) is 18.0 Å². The quantitative estimate of drug-likeness (QED) is 0.811. The van der Waals surface area contributed by atoms with Gasteiger partial charge in [-0.2, -0.15) is 0 Å². The summed E-state index contributed by atoms with van der Waals surface area (Å²) in [5.74, 6) is 0. The van der Waals surface area contributed by atoms with E-state index >= 15 is 0 Å². The molecule has 2 rings (SSSR count). The summed E-state index contributed by atoms with van der Waals surface area (Å²) in [6.07, 6.45) is 5.41. The van der Waals surface area contributed by atoms with Gasteiger partial charge < -0.3 is 5.73 Å². The van der Waals surface area contributed by atoms with Gasteiger partial charge in [-0.3, -0.25) is 0 Å². The highest BCUT2D eigenvalue weighted by Crippen LogP contribution is 2.34. The van der Waals surface area contributed by atoms with Gasteiger partial charge in [-0.15, -0.1) is 11.8 Å². The van der Waals surface area contributed by atoms with Crippen LogP contribution in [-0.4, -0.2) is 16.3 Å². The van der Waals surface area contributed by atoms with Crippen molar-refractivity contribution in [2.75, 3.05) is 0 Å². The van der Waals surface area contributed by atoms with E-state index < -0.39 is 0 Å². The van der Waals surface area contributed by atoms with Crippen molar-refractivity contribution in [1.29, 1.82) is 0 Å². The first-order chi connectivity index (χ1) is 6.75. The zero-order chi connectivity index (χ0) is 9.97. The number of thioether (sulfide) groups is 1. The van der Waals surface area contributed by atoms with E-state index in [1.54, 1.807) is 0 Å². The summed E-state index contributed by atoms with van der Waals surface area (Å²) >= 11 is 1.89. The minimum absolute atomic E-state index is 0.413. The zero-order valence-electron chi connectivity index (χ0n) is 8.44. The van der Waals surface area contributed by atoms with Crippen molar-refractivity contribution in [3.63, 3.8) is 0 Å². The molecule has 1 aliphatic carbocycles. The Morgan fingerprint density at radius 2 is 2.36 bits per heavy atom. The third kappa shape index (κ3) is 2.28. The lowest BCUT2D eigenvalue weighted by atomic mass is 10.3. The van der Waals surface area contributed by atoms with E-state index in [0.717, 1.165) is 6.42 Å². The van der Waals surface area contributed by atoms with Crippen LogP contribution in [0, 0.1) is 6.92 Å². The van der Waals surface area contributed by atoms with E-state index in [-0.39, 0.29) is 0 Å². The fourth-order valence-corrected chi connectivity index (χ4v) is 3.12. The molecule has 2 nitrogen and oxygen atoms in total. The van der Waals surface area contributed by atoms with Crippen LogP contribution in [0.1, 0.15) is 24.8 Å². The molecule has 0 aliphatic heterocycles. The van der Waals surface area contributed by atoms with Crippen molar-refractivity contribution < 1.29 is 0 Å². The summed E-state index contributed by atoms with van der Waals surface area (Å²) in [4.78, 5) is 4.39. The maximum absolute atomic E-state index is 5.88. The molecule has 0 aromatic carbocycles. The number of hydrogen-bond acceptors (Lipinski definition) is 3. The predicted molar refractivity (Wildman–Crippen MR) is 60.4 cm³/mol. The minimum atomic E-state index is 0.413. The van der Waals surface area contributed by atoms with Crippen LogP contribution >= 0.6 is 11.8 Å². The smallest absolute Gasteiger partial charge is 0.0991 e. The summed E-state index contributed by atoms with van der Waals surface area (Å²) in [6, 6.07) is 4.51. The van der Waals surface area contributed by atoms with Crippen LogP contribution < -0.4 is 5.73 Å². The molecule has 0 saturated heterocycles. The fraction of sp³-hybridized carbons (Fsp3) is 0.545. The Bertz CT molecular complexity index is 314.